The molecule has 0 aliphatic heterocycles. The Hall–Kier alpha value is -2.34. The molecule has 26 heavy (non-hydrogen) atoms. The van der Waals surface area contributed by atoms with E-state index in [1.54, 1.807) is 42.5 Å². The van der Waals surface area contributed by atoms with Gasteiger partial charge in [0.15, 0.2) is 0 Å². The van der Waals surface area contributed by atoms with E-state index in [1.165, 1.54) is 4.31 Å². The first kappa shape index (κ1) is 20.0. The smallest absolute Gasteiger partial charge is 0.264 e. The van der Waals surface area contributed by atoms with Crippen LogP contribution in [0.5, 0.6) is 0 Å². The second-order valence-electron chi connectivity index (χ2n) is 6.54. The molecule has 0 aliphatic rings. The van der Waals surface area contributed by atoms with Gasteiger partial charge in [-0.25, -0.2) is 8.42 Å². The zero-order valence-electron chi connectivity index (χ0n) is 15.7. The highest BCUT2D eigenvalue weighted by Gasteiger charge is 2.27. The van der Waals surface area contributed by atoms with Gasteiger partial charge >= 0.3 is 0 Å². The van der Waals surface area contributed by atoms with E-state index in [9.17, 15) is 13.2 Å². The maximum Gasteiger partial charge on any atom is 0.264 e. The zero-order valence-corrected chi connectivity index (χ0v) is 16.5. The molecule has 140 valence electrons. The predicted octanol–water partition coefficient (Wildman–Crippen LogP) is 3.41. The molecule has 1 atom stereocenters. The third-order valence-corrected chi connectivity index (χ3v) is 5.99. The average molecular weight is 375 g/mol. The molecule has 1 unspecified atom stereocenters. The Labute approximate surface area is 156 Å². The molecule has 0 bridgehead atoms. The van der Waals surface area contributed by atoms with E-state index in [2.05, 4.69) is 5.32 Å². The molecule has 6 heteroatoms. The fourth-order valence-corrected chi connectivity index (χ4v) is 3.90. The highest BCUT2D eigenvalue weighted by molar-refractivity contribution is 7.92. The van der Waals surface area contributed by atoms with Crippen molar-refractivity contribution in [2.24, 2.45) is 0 Å². The van der Waals surface area contributed by atoms with Crippen LogP contribution in [0.1, 0.15) is 31.4 Å². The Morgan fingerprint density at radius 1 is 1.08 bits per heavy atom. The molecule has 2 aromatic rings. The highest BCUT2D eigenvalue weighted by Crippen LogP contribution is 2.24. The Kier molecular flexibility index (Phi) is 6.42. The molecule has 0 heterocycles. The third kappa shape index (κ3) is 4.85. The normalized spacial score (nSPS) is 12.5. The molecule has 5 nitrogen and oxygen atoms in total. The maximum atomic E-state index is 13.2. The first-order valence-electron chi connectivity index (χ1n) is 8.69. The van der Waals surface area contributed by atoms with Crippen molar-refractivity contribution < 1.29 is 13.2 Å². The van der Waals surface area contributed by atoms with Crippen molar-refractivity contribution in [3.05, 3.63) is 59.7 Å². The number of anilines is 1. The zero-order chi connectivity index (χ0) is 19.3. The number of carbonyl (C=O) groups excluding carboxylic acids is 1. The lowest BCUT2D eigenvalue weighted by atomic mass is 10.2. The quantitative estimate of drug-likeness (QED) is 0.808. The lowest BCUT2D eigenvalue weighted by Crippen LogP contribution is -2.43. The van der Waals surface area contributed by atoms with Crippen LogP contribution in [0.3, 0.4) is 0 Å². The van der Waals surface area contributed by atoms with E-state index in [0.717, 1.165) is 17.5 Å². The molecule has 2 aromatic carbocycles. The number of hydrogen-bond donors (Lipinski definition) is 1. The van der Waals surface area contributed by atoms with Gasteiger partial charge in [0, 0.05) is 6.04 Å². The first-order chi connectivity index (χ1) is 12.2. The summed E-state index contributed by atoms with van der Waals surface area (Å²) in [5, 5.41) is 2.83. The number of amides is 1. The van der Waals surface area contributed by atoms with E-state index >= 15 is 0 Å². The summed E-state index contributed by atoms with van der Waals surface area (Å²) >= 11 is 0. The molecule has 0 aromatic heterocycles. The van der Waals surface area contributed by atoms with Crippen LogP contribution < -0.4 is 9.62 Å². The van der Waals surface area contributed by atoms with Crippen LogP contribution in [0.2, 0.25) is 0 Å². The molecule has 0 saturated carbocycles. The Morgan fingerprint density at radius 2 is 1.73 bits per heavy atom. The number of hydrogen-bond acceptors (Lipinski definition) is 3. The lowest BCUT2D eigenvalue weighted by molar-refractivity contribution is -0.120. The molecule has 0 aliphatic carbocycles. The number of nitrogens with one attached hydrogen (secondary N) is 1. The lowest BCUT2D eigenvalue weighted by Gasteiger charge is -2.25. The molecular formula is C20H26N2O3S. The maximum absolute atomic E-state index is 13.2. The predicted molar refractivity (Wildman–Crippen MR) is 105 cm³/mol. The molecule has 0 spiro atoms. The summed E-state index contributed by atoms with van der Waals surface area (Å²) in [5.74, 6) is -0.323. The van der Waals surface area contributed by atoms with Crippen LogP contribution in [0, 0.1) is 13.8 Å². The fraction of sp³-hybridized carbons (Fsp3) is 0.350. The molecule has 0 fully saturated rings. The van der Waals surface area contributed by atoms with Crippen molar-refractivity contribution in [2.75, 3.05) is 10.8 Å². The second kappa shape index (κ2) is 8.36. The molecular weight excluding hydrogens is 348 g/mol. The van der Waals surface area contributed by atoms with Gasteiger partial charge in [-0.15, -0.1) is 0 Å². The summed E-state index contributed by atoms with van der Waals surface area (Å²) in [4.78, 5) is 12.6. The highest BCUT2D eigenvalue weighted by atomic mass is 32.2. The summed E-state index contributed by atoms with van der Waals surface area (Å²) in [6.07, 6.45) is 0.779. The molecule has 0 saturated heterocycles. The number of sulfonamides is 1. The van der Waals surface area contributed by atoms with E-state index < -0.39 is 10.0 Å². The molecule has 1 amide bonds. The van der Waals surface area contributed by atoms with Gasteiger partial charge in [0.25, 0.3) is 10.0 Å². The van der Waals surface area contributed by atoms with Crippen LogP contribution in [-0.4, -0.2) is 26.9 Å². The van der Waals surface area contributed by atoms with Crippen LogP contribution >= 0.6 is 0 Å². The van der Waals surface area contributed by atoms with Crippen LogP contribution in [0.25, 0.3) is 0 Å². The van der Waals surface area contributed by atoms with Crippen molar-refractivity contribution in [3.63, 3.8) is 0 Å². The molecule has 2 rings (SSSR count). The number of benzene rings is 2. The minimum absolute atomic E-state index is 0.0102. The fourth-order valence-electron chi connectivity index (χ4n) is 2.49. The Bertz CT molecular complexity index is 861. The summed E-state index contributed by atoms with van der Waals surface area (Å²) in [7, 11) is -3.85. The van der Waals surface area contributed by atoms with Gasteiger partial charge in [0.1, 0.15) is 6.54 Å². The first-order valence-corrected chi connectivity index (χ1v) is 10.1. The average Bonchev–Trinajstić information content (AvgIpc) is 2.59. The summed E-state index contributed by atoms with van der Waals surface area (Å²) in [6.45, 7) is 7.38. The monoisotopic (exact) mass is 374 g/mol. The van der Waals surface area contributed by atoms with E-state index in [0.29, 0.717) is 5.69 Å². The SMILES string of the molecule is CCC(C)NC(=O)CN(c1cccc(C)c1)S(=O)(=O)c1ccc(C)cc1. The van der Waals surface area contributed by atoms with Gasteiger partial charge in [-0.2, -0.15) is 0 Å². The topological polar surface area (TPSA) is 66.5 Å². The van der Waals surface area contributed by atoms with Gasteiger partial charge < -0.3 is 5.32 Å². The number of carbonyl (C=O) groups is 1. The van der Waals surface area contributed by atoms with E-state index in [1.807, 2.05) is 33.8 Å². The van der Waals surface area contributed by atoms with Gasteiger partial charge in [-0.3, -0.25) is 9.10 Å². The minimum Gasteiger partial charge on any atom is -0.352 e. The van der Waals surface area contributed by atoms with Crippen LogP contribution in [0.4, 0.5) is 5.69 Å². The van der Waals surface area contributed by atoms with E-state index in [4.69, 9.17) is 0 Å². The summed E-state index contributed by atoms with van der Waals surface area (Å²) < 4.78 is 27.6. The number of aryl methyl sites for hydroxylation is 2. The minimum atomic E-state index is -3.85. The van der Waals surface area contributed by atoms with Gasteiger partial charge in [-0.05, 0) is 57.0 Å². The Morgan fingerprint density at radius 3 is 2.31 bits per heavy atom. The van der Waals surface area contributed by atoms with E-state index in [-0.39, 0.29) is 23.4 Å². The third-order valence-electron chi connectivity index (χ3n) is 4.21. The number of nitrogens with zero attached hydrogens (tertiary/aromatic N) is 1. The standard InChI is InChI=1S/C20H26N2O3S/c1-5-17(4)21-20(23)14-22(18-8-6-7-16(3)13-18)26(24,25)19-11-9-15(2)10-12-19/h6-13,17H,5,14H2,1-4H3,(H,21,23). The summed E-state index contributed by atoms with van der Waals surface area (Å²) in [5.41, 5.74) is 2.37. The number of rotatable bonds is 7. The van der Waals surface area contributed by atoms with Crippen molar-refractivity contribution in [1.82, 2.24) is 5.32 Å². The largest absolute Gasteiger partial charge is 0.352 e. The second-order valence-corrected chi connectivity index (χ2v) is 8.40. The molecule has 0 radical (unpaired) electrons. The van der Waals surface area contributed by atoms with Crippen molar-refractivity contribution >= 4 is 21.6 Å². The van der Waals surface area contributed by atoms with Crippen molar-refractivity contribution in [2.45, 2.75) is 45.1 Å². The van der Waals surface area contributed by atoms with Gasteiger partial charge in [0.05, 0.1) is 10.6 Å². The van der Waals surface area contributed by atoms with Crippen LogP contribution in [0.15, 0.2) is 53.4 Å². The summed E-state index contributed by atoms with van der Waals surface area (Å²) in [6, 6.07) is 13.8. The van der Waals surface area contributed by atoms with Gasteiger partial charge in [0.2, 0.25) is 5.91 Å². The van der Waals surface area contributed by atoms with Crippen molar-refractivity contribution in [1.29, 1.82) is 0 Å². The Balaban J connectivity index is 2.42. The van der Waals surface area contributed by atoms with Crippen molar-refractivity contribution in [3.8, 4) is 0 Å². The molecule has 1 N–H and O–H groups in total. The van der Waals surface area contributed by atoms with Crippen LogP contribution in [-0.2, 0) is 14.8 Å². The van der Waals surface area contributed by atoms with Gasteiger partial charge in [-0.1, -0.05) is 36.8 Å².